The maximum atomic E-state index is 2.48. The van der Waals surface area contributed by atoms with Crippen LogP contribution in [-0.2, 0) is 0 Å². The van der Waals surface area contributed by atoms with E-state index in [1.165, 1.54) is 44.9 Å². The van der Waals surface area contributed by atoms with Crippen molar-refractivity contribution in [1.82, 2.24) is 0 Å². The molecule has 1 aliphatic rings. The summed E-state index contributed by atoms with van der Waals surface area (Å²) >= 11 is 0. The zero-order chi connectivity index (χ0) is 11.3. The molecule has 0 radical (unpaired) electrons. The van der Waals surface area contributed by atoms with Crippen LogP contribution in [0.15, 0.2) is 0 Å². The van der Waals surface area contributed by atoms with Gasteiger partial charge in [0.2, 0.25) is 0 Å². The number of hydrogen-bond acceptors (Lipinski definition) is 0. The lowest BCUT2D eigenvalue weighted by Gasteiger charge is -2.39. The molecule has 0 heteroatoms. The molecule has 0 nitrogen and oxygen atoms in total. The standard InChI is InChI=1S/C15H30/c1-5-6-7-10-14-11-8-9-13(4)15(14)12(2)3/h12-15H,5-11H2,1-4H3. The zero-order valence-electron chi connectivity index (χ0n) is 11.3. The molecule has 0 heterocycles. The van der Waals surface area contributed by atoms with Crippen LogP contribution in [-0.4, -0.2) is 0 Å². The second-order valence-corrected chi connectivity index (χ2v) is 5.99. The number of unbranched alkanes of at least 4 members (excludes halogenated alkanes) is 2. The molecule has 0 aromatic rings. The van der Waals surface area contributed by atoms with Crippen molar-refractivity contribution in [1.29, 1.82) is 0 Å². The Kier molecular flexibility index (Phi) is 5.71. The highest BCUT2D eigenvalue weighted by molar-refractivity contribution is 4.82. The first-order valence-electron chi connectivity index (χ1n) is 7.16. The minimum atomic E-state index is 0.895. The van der Waals surface area contributed by atoms with E-state index < -0.39 is 0 Å². The summed E-state index contributed by atoms with van der Waals surface area (Å²) in [6, 6.07) is 0. The van der Waals surface area contributed by atoms with Gasteiger partial charge in [0.15, 0.2) is 0 Å². The normalized spacial score (nSPS) is 32.2. The van der Waals surface area contributed by atoms with Gasteiger partial charge < -0.3 is 0 Å². The van der Waals surface area contributed by atoms with Gasteiger partial charge in [-0.25, -0.2) is 0 Å². The Labute approximate surface area is 96.8 Å². The Morgan fingerprint density at radius 1 is 1.13 bits per heavy atom. The van der Waals surface area contributed by atoms with Crippen LogP contribution in [0.1, 0.15) is 72.6 Å². The molecule has 0 aromatic carbocycles. The maximum Gasteiger partial charge on any atom is -0.0337 e. The van der Waals surface area contributed by atoms with Crippen molar-refractivity contribution >= 4 is 0 Å². The molecule has 0 bridgehead atoms. The highest BCUT2D eigenvalue weighted by Gasteiger charge is 2.31. The minimum Gasteiger partial charge on any atom is -0.0654 e. The lowest BCUT2D eigenvalue weighted by molar-refractivity contribution is 0.108. The van der Waals surface area contributed by atoms with Crippen LogP contribution in [0.5, 0.6) is 0 Å². The van der Waals surface area contributed by atoms with Crippen LogP contribution in [0.3, 0.4) is 0 Å². The molecule has 15 heavy (non-hydrogen) atoms. The summed E-state index contributed by atoms with van der Waals surface area (Å²) in [6.07, 6.45) is 10.3. The van der Waals surface area contributed by atoms with Crippen LogP contribution in [0.4, 0.5) is 0 Å². The van der Waals surface area contributed by atoms with Gasteiger partial charge in [-0.1, -0.05) is 72.6 Å². The van der Waals surface area contributed by atoms with E-state index in [0.29, 0.717) is 0 Å². The van der Waals surface area contributed by atoms with Crippen molar-refractivity contribution in [3.63, 3.8) is 0 Å². The van der Waals surface area contributed by atoms with Crippen LogP contribution in [0.2, 0.25) is 0 Å². The van der Waals surface area contributed by atoms with Crippen LogP contribution in [0.25, 0.3) is 0 Å². The van der Waals surface area contributed by atoms with E-state index in [2.05, 4.69) is 27.7 Å². The second kappa shape index (κ2) is 6.55. The molecular weight excluding hydrogens is 180 g/mol. The quantitative estimate of drug-likeness (QED) is 0.542. The lowest BCUT2D eigenvalue weighted by Crippen LogP contribution is -2.30. The molecule has 1 saturated carbocycles. The largest absolute Gasteiger partial charge is 0.0654 e. The number of rotatable bonds is 5. The molecule has 1 rings (SSSR count). The third-order valence-electron chi connectivity index (χ3n) is 4.38. The van der Waals surface area contributed by atoms with Crippen molar-refractivity contribution in [3.8, 4) is 0 Å². The fraction of sp³-hybridized carbons (Fsp3) is 1.00. The number of hydrogen-bond donors (Lipinski definition) is 0. The van der Waals surface area contributed by atoms with Gasteiger partial charge in [0.25, 0.3) is 0 Å². The van der Waals surface area contributed by atoms with E-state index in [9.17, 15) is 0 Å². The Bertz CT molecular complexity index is 159. The van der Waals surface area contributed by atoms with Gasteiger partial charge in [-0.15, -0.1) is 0 Å². The van der Waals surface area contributed by atoms with Crippen LogP contribution >= 0.6 is 0 Å². The average molecular weight is 210 g/mol. The highest BCUT2D eigenvalue weighted by Crippen LogP contribution is 2.41. The molecule has 3 atom stereocenters. The van der Waals surface area contributed by atoms with Gasteiger partial charge in [0.05, 0.1) is 0 Å². The smallest absolute Gasteiger partial charge is 0.0337 e. The third kappa shape index (κ3) is 3.81. The van der Waals surface area contributed by atoms with Crippen molar-refractivity contribution in [2.45, 2.75) is 72.6 Å². The predicted octanol–water partition coefficient (Wildman–Crippen LogP) is 5.28. The summed E-state index contributed by atoms with van der Waals surface area (Å²) in [5.74, 6) is 3.92. The predicted molar refractivity (Wildman–Crippen MR) is 69.0 cm³/mol. The topological polar surface area (TPSA) is 0 Å². The highest BCUT2D eigenvalue weighted by atomic mass is 14.4. The molecule has 90 valence electrons. The van der Waals surface area contributed by atoms with E-state index >= 15 is 0 Å². The van der Waals surface area contributed by atoms with Crippen LogP contribution in [0, 0.1) is 23.7 Å². The molecule has 0 amide bonds. The Hall–Kier alpha value is 0. The van der Waals surface area contributed by atoms with Crippen molar-refractivity contribution in [3.05, 3.63) is 0 Å². The minimum absolute atomic E-state index is 0.895. The molecule has 0 spiro atoms. The van der Waals surface area contributed by atoms with E-state index in [0.717, 1.165) is 23.7 Å². The fourth-order valence-corrected chi connectivity index (χ4v) is 3.75. The second-order valence-electron chi connectivity index (χ2n) is 5.99. The van der Waals surface area contributed by atoms with Gasteiger partial charge >= 0.3 is 0 Å². The van der Waals surface area contributed by atoms with Crippen LogP contribution < -0.4 is 0 Å². The maximum absolute atomic E-state index is 2.48. The summed E-state index contributed by atoms with van der Waals surface area (Å²) in [4.78, 5) is 0. The van der Waals surface area contributed by atoms with E-state index in [1.807, 2.05) is 0 Å². The molecule has 3 unspecified atom stereocenters. The van der Waals surface area contributed by atoms with Gasteiger partial charge in [-0.2, -0.15) is 0 Å². The summed E-state index contributed by atoms with van der Waals surface area (Å²) in [7, 11) is 0. The first-order chi connectivity index (χ1) is 7.16. The average Bonchev–Trinajstić information content (AvgIpc) is 2.17. The van der Waals surface area contributed by atoms with Crippen molar-refractivity contribution < 1.29 is 0 Å². The molecule has 0 N–H and O–H groups in total. The van der Waals surface area contributed by atoms with Crippen molar-refractivity contribution in [2.24, 2.45) is 23.7 Å². The molecule has 0 aliphatic heterocycles. The van der Waals surface area contributed by atoms with Gasteiger partial charge in [0.1, 0.15) is 0 Å². The molecular formula is C15H30. The van der Waals surface area contributed by atoms with Crippen molar-refractivity contribution in [2.75, 3.05) is 0 Å². The summed E-state index contributed by atoms with van der Waals surface area (Å²) < 4.78 is 0. The van der Waals surface area contributed by atoms with E-state index in [-0.39, 0.29) is 0 Å². The Morgan fingerprint density at radius 2 is 1.87 bits per heavy atom. The SMILES string of the molecule is CCCCCC1CCCC(C)C1C(C)C. The third-order valence-corrected chi connectivity index (χ3v) is 4.38. The lowest BCUT2D eigenvalue weighted by atomic mass is 9.66. The Balaban J connectivity index is 2.43. The first kappa shape index (κ1) is 13.1. The van der Waals surface area contributed by atoms with E-state index in [4.69, 9.17) is 0 Å². The first-order valence-corrected chi connectivity index (χ1v) is 7.16. The van der Waals surface area contributed by atoms with Gasteiger partial charge in [-0.3, -0.25) is 0 Å². The summed E-state index contributed by atoms with van der Waals surface area (Å²) in [6.45, 7) is 9.65. The van der Waals surface area contributed by atoms with Gasteiger partial charge in [-0.05, 0) is 23.7 Å². The summed E-state index contributed by atoms with van der Waals surface area (Å²) in [5.41, 5.74) is 0. The fourth-order valence-electron chi connectivity index (χ4n) is 3.75. The molecule has 0 aromatic heterocycles. The Morgan fingerprint density at radius 3 is 2.47 bits per heavy atom. The van der Waals surface area contributed by atoms with E-state index in [1.54, 1.807) is 0 Å². The molecule has 1 fully saturated rings. The monoisotopic (exact) mass is 210 g/mol. The van der Waals surface area contributed by atoms with Gasteiger partial charge in [0, 0.05) is 0 Å². The molecule has 0 saturated heterocycles. The summed E-state index contributed by atoms with van der Waals surface area (Å²) in [5, 5.41) is 0. The molecule has 1 aliphatic carbocycles. The zero-order valence-corrected chi connectivity index (χ0v) is 11.3.